The Hall–Kier alpha value is -3.18. The first-order chi connectivity index (χ1) is 18.7. The van der Waals surface area contributed by atoms with Crippen molar-refractivity contribution in [1.29, 1.82) is 0 Å². The molecule has 0 aromatic heterocycles. The van der Waals surface area contributed by atoms with Crippen LogP contribution in [0.15, 0.2) is 48.5 Å². The zero-order chi connectivity index (χ0) is 27.9. The normalized spacial score (nSPS) is 21.9. The molecule has 2 fully saturated rings. The third-order valence-electron chi connectivity index (χ3n) is 7.11. The monoisotopic (exact) mass is 541 g/mol. The number of alkyl carbamates (subject to hydrolysis) is 1. The summed E-state index contributed by atoms with van der Waals surface area (Å²) >= 11 is 0. The smallest absolute Gasteiger partial charge is 0.407 e. The zero-order valence-electron chi connectivity index (χ0n) is 22.7. The first kappa shape index (κ1) is 28.8. The van der Waals surface area contributed by atoms with E-state index in [2.05, 4.69) is 10.7 Å². The van der Waals surface area contributed by atoms with Crippen LogP contribution in [0, 0.1) is 18.8 Å². The summed E-state index contributed by atoms with van der Waals surface area (Å²) in [5.74, 6) is -0.173. The van der Waals surface area contributed by atoms with Gasteiger partial charge in [-0.3, -0.25) is 10.2 Å². The lowest BCUT2D eigenvalue weighted by atomic mass is 10.0. The molecule has 212 valence electrons. The number of phenolic OH excluding ortho intramolecular Hbond substituents is 1. The molecule has 0 aliphatic carbocycles. The molecule has 0 spiro atoms. The Bertz CT molecular complexity index is 1110. The van der Waals surface area contributed by atoms with Crippen LogP contribution >= 0.6 is 0 Å². The van der Waals surface area contributed by atoms with Gasteiger partial charge in [0.25, 0.3) is 5.91 Å². The van der Waals surface area contributed by atoms with Crippen LogP contribution in [0.25, 0.3) is 0 Å². The van der Waals surface area contributed by atoms with Crippen LogP contribution in [0.2, 0.25) is 0 Å². The number of carbonyl (C=O) groups is 2. The highest BCUT2D eigenvalue weighted by molar-refractivity contribution is 5.95. The Labute approximate surface area is 229 Å². The van der Waals surface area contributed by atoms with Crippen molar-refractivity contribution in [2.75, 3.05) is 26.3 Å². The second-order valence-corrected chi connectivity index (χ2v) is 10.7. The number of rotatable bonds is 11. The number of nitrogens with zero attached hydrogens (tertiary/aromatic N) is 1. The quantitative estimate of drug-likeness (QED) is 0.320. The van der Waals surface area contributed by atoms with Crippen molar-refractivity contribution >= 4 is 12.0 Å². The van der Waals surface area contributed by atoms with Gasteiger partial charge in [0.05, 0.1) is 31.3 Å². The molecule has 2 aliphatic heterocycles. The molecule has 4 N–H and O–H groups in total. The SMILES string of the molecule is Cc1c(O)cccc1C(=O)NN(CC(C)C)C[C@@H](O)[C@H](Cc1ccccc1)NC(=O)O[C@H]1CO[C@H]2OCC[C@H]21. The van der Waals surface area contributed by atoms with E-state index in [9.17, 15) is 19.8 Å². The van der Waals surface area contributed by atoms with E-state index in [1.54, 1.807) is 24.1 Å². The van der Waals surface area contributed by atoms with Crippen molar-refractivity contribution in [3.05, 3.63) is 65.2 Å². The maximum absolute atomic E-state index is 13.1. The number of carbonyl (C=O) groups excluding carboxylic acids is 2. The van der Waals surface area contributed by atoms with Gasteiger partial charge in [0.2, 0.25) is 0 Å². The number of hydrogen-bond donors (Lipinski definition) is 4. The summed E-state index contributed by atoms with van der Waals surface area (Å²) in [5, 5.41) is 25.9. The first-order valence-corrected chi connectivity index (χ1v) is 13.5. The van der Waals surface area contributed by atoms with Crippen LogP contribution in [0.3, 0.4) is 0 Å². The fourth-order valence-electron chi connectivity index (χ4n) is 5.05. The van der Waals surface area contributed by atoms with Crippen LogP contribution in [0.1, 0.15) is 41.8 Å². The van der Waals surface area contributed by atoms with Crippen LogP contribution in [-0.2, 0) is 20.6 Å². The molecule has 0 unspecified atom stereocenters. The third kappa shape index (κ3) is 7.69. The molecule has 10 heteroatoms. The highest BCUT2D eigenvalue weighted by Gasteiger charge is 2.44. The molecule has 0 radical (unpaired) electrons. The van der Waals surface area contributed by atoms with E-state index in [1.165, 1.54) is 6.07 Å². The number of aliphatic hydroxyl groups is 1. The van der Waals surface area contributed by atoms with Crippen molar-refractivity contribution in [2.45, 2.75) is 58.2 Å². The summed E-state index contributed by atoms with van der Waals surface area (Å²) in [5.41, 5.74) is 4.61. The Morgan fingerprint density at radius 1 is 1.10 bits per heavy atom. The minimum absolute atomic E-state index is 0.00544. The molecule has 2 saturated heterocycles. The van der Waals surface area contributed by atoms with Gasteiger partial charge in [-0.15, -0.1) is 0 Å². The maximum Gasteiger partial charge on any atom is 0.407 e. The summed E-state index contributed by atoms with van der Waals surface area (Å²) < 4.78 is 16.8. The third-order valence-corrected chi connectivity index (χ3v) is 7.11. The lowest BCUT2D eigenvalue weighted by molar-refractivity contribution is -0.0907. The number of hydrogen-bond acceptors (Lipinski definition) is 8. The average molecular weight is 542 g/mol. The first-order valence-electron chi connectivity index (χ1n) is 13.5. The van der Waals surface area contributed by atoms with E-state index < -0.39 is 30.3 Å². The molecule has 2 heterocycles. The summed E-state index contributed by atoms with van der Waals surface area (Å²) in [7, 11) is 0. The lowest BCUT2D eigenvalue weighted by Crippen LogP contribution is -2.54. The van der Waals surface area contributed by atoms with Crippen molar-refractivity contribution in [1.82, 2.24) is 15.8 Å². The summed E-state index contributed by atoms with van der Waals surface area (Å²) in [4.78, 5) is 26.0. The van der Waals surface area contributed by atoms with Crippen LogP contribution in [-0.4, -0.2) is 78.1 Å². The van der Waals surface area contributed by atoms with E-state index >= 15 is 0 Å². The van der Waals surface area contributed by atoms with Crippen molar-refractivity contribution in [2.24, 2.45) is 11.8 Å². The molecule has 5 atom stereocenters. The highest BCUT2D eigenvalue weighted by Crippen LogP contribution is 2.33. The molecule has 2 aromatic carbocycles. The Balaban J connectivity index is 1.45. The Kier molecular flexibility index (Phi) is 9.79. The van der Waals surface area contributed by atoms with Gasteiger partial charge in [-0.05, 0) is 43.4 Å². The predicted molar refractivity (Wildman–Crippen MR) is 144 cm³/mol. The number of aromatic hydroxyl groups is 1. The summed E-state index contributed by atoms with van der Waals surface area (Å²) in [6, 6.07) is 13.6. The molecular formula is C29H39N3O7. The Morgan fingerprint density at radius 3 is 2.62 bits per heavy atom. The van der Waals surface area contributed by atoms with Gasteiger partial charge in [0, 0.05) is 24.2 Å². The van der Waals surface area contributed by atoms with Gasteiger partial charge >= 0.3 is 6.09 Å². The summed E-state index contributed by atoms with van der Waals surface area (Å²) in [6.45, 7) is 7.06. The number of benzene rings is 2. The van der Waals surface area contributed by atoms with Crippen LogP contribution < -0.4 is 10.7 Å². The lowest BCUT2D eigenvalue weighted by Gasteiger charge is -2.31. The van der Waals surface area contributed by atoms with E-state index in [0.717, 1.165) is 12.0 Å². The van der Waals surface area contributed by atoms with Gasteiger partial charge < -0.3 is 29.7 Å². The maximum atomic E-state index is 13.1. The van der Waals surface area contributed by atoms with E-state index in [4.69, 9.17) is 14.2 Å². The second kappa shape index (κ2) is 13.3. The van der Waals surface area contributed by atoms with Gasteiger partial charge in [-0.1, -0.05) is 50.2 Å². The molecular weight excluding hydrogens is 502 g/mol. The van der Waals surface area contributed by atoms with Crippen molar-refractivity contribution in [3.8, 4) is 5.75 Å². The number of fused-ring (bicyclic) bond motifs is 1. The molecule has 39 heavy (non-hydrogen) atoms. The standard InChI is InChI=1S/C29H39N3O7/c1-18(2)15-32(31-27(35)21-10-7-11-24(33)19(21)3)16-25(34)23(14-20-8-5-4-6-9-20)30-29(36)39-26-17-38-28-22(26)12-13-37-28/h4-11,18,22-23,25-26,28,33-34H,12-17H2,1-3H3,(H,30,36)(H,31,35)/t22-,23-,25+,26-,28+/m0/s1. The van der Waals surface area contributed by atoms with Gasteiger partial charge in [-0.25, -0.2) is 9.80 Å². The fraction of sp³-hybridized carbons (Fsp3) is 0.517. The topological polar surface area (TPSA) is 130 Å². The van der Waals surface area contributed by atoms with Crippen LogP contribution in [0.5, 0.6) is 5.75 Å². The minimum Gasteiger partial charge on any atom is -0.508 e. The van der Waals surface area contributed by atoms with Gasteiger partial charge in [0.1, 0.15) is 11.9 Å². The number of phenols is 1. The second-order valence-electron chi connectivity index (χ2n) is 10.7. The average Bonchev–Trinajstić information content (AvgIpc) is 3.50. The minimum atomic E-state index is -1.04. The largest absolute Gasteiger partial charge is 0.508 e. The number of ether oxygens (including phenoxy) is 3. The van der Waals surface area contributed by atoms with Gasteiger partial charge in [-0.2, -0.15) is 0 Å². The predicted octanol–water partition coefficient (Wildman–Crippen LogP) is 2.76. The molecule has 0 bridgehead atoms. The molecule has 2 aliphatic rings. The van der Waals surface area contributed by atoms with Crippen molar-refractivity contribution < 1.29 is 34.0 Å². The van der Waals surface area contributed by atoms with E-state index in [-0.39, 0.29) is 37.0 Å². The highest BCUT2D eigenvalue weighted by atomic mass is 16.7. The number of aliphatic hydroxyl groups excluding tert-OH is 1. The fourth-order valence-corrected chi connectivity index (χ4v) is 5.05. The molecule has 2 amide bonds. The number of hydrazine groups is 1. The zero-order valence-corrected chi connectivity index (χ0v) is 22.7. The molecule has 4 rings (SSSR count). The van der Waals surface area contributed by atoms with Crippen LogP contribution in [0.4, 0.5) is 4.79 Å². The van der Waals surface area contributed by atoms with E-state index in [0.29, 0.717) is 30.7 Å². The van der Waals surface area contributed by atoms with E-state index in [1.807, 2.05) is 44.2 Å². The number of amides is 2. The molecule has 2 aromatic rings. The molecule has 10 nitrogen and oxygen atoms in total. The van der Waals surface area contributed by atoms with Gasteiger partial charge in [0.15, 0.2) is 6.29 Å². The number of nitrogens with one attached hydrogen (secondary N) is 2. The van der Waals surface area contributed by atoms with Crippen molar-refractivity contribution in [3.63, 3.8) is 0 Å². The Morgan fingerprint density at radius 2 is 1.87 bits per heavy atom. The summed E-state index contributed by atoms with van der Waals surface area (Å²) in [6.07, 6.45) is -1.29. The molecule has 0 saturated carbocycles.